The van der Waals surface area contributed by atoms with Gasteiger partial charge in [0.05, 0.1) is 44.2 Å². The van der Waals surface area contributed by atoms with E-state index in [1.165, 1.54) is 0 Å². The number of fused-ring (bicyclic) bond motifs is 1. The van der Waals surface area contributed by atoms with Crippen LogP contribution in [-0.4, -0.2) is 97.8 Å². The summed E-state index contributed by atoms with van der Waals surface area (Å²) < 4.78 is 23.4. The Labute approximate surface area is 229 Å². The van der Waals surface area contributed by atoms with Crippen LogP contribution in [0.4, 0.5) is 11.5 Å². The second-order valence-electron chi connectivity index (χ2n) is 10.4. The number of aromatic nitrogens is 3. The zero-order valence-electron chi connectivity index (χ0n) is 22.5. The Morgan fingerprint density at radius 2 is 1.64 bits per heavy atom. The van der Waals surface area contributed by atoms with Crippen LogP contribution in [0.2, 0.25) is 0 Å². The topological polar surface area (TPSA) is 94.1 Å². The maximum atomic E-state index is 6.56. The lowest BCUT2D eigenvalue weighted by Gasteiger charge is -2.31. The van der Waals surface area contributed by atoms with Gasteiger partial charge in [0.2, 0.25) is 0 Å². The molecular weight excluding hydrogens is 496 g/mol. The summed E-state index contributed by atoms with van der Waals surface area (Å²) in [5.74, 6) is 2.52. The van der Waals surface area contributed by atoms with Crippen molar-refractivity contribution < 1.29 is 18.9 Å². The van der Waals surface area contributed by atoms with Crippen LogP contribution in [0.3, 0.4) is 0 Å². The molecule has 3 aliphatic rings. The lowest BCUT2D eigenvalue weighted by atomic mass is 9.93. The van der Waals surface area contributed by atoms with Crippen molar-refractivity contribution in [3.63, 3.8) is 0 Å². The van der Waals surface area contributed by atoms with Crippen molar-refractivity contribution in [3.8, 4) is 11.5 Å². The number of hydrogen-bond donors (Lipinski definition) is 1. The minimum Gasteiger partial charge on any atom is -0.491 e. The van der Waals surface area contributed by atoms with Crippen molar-refractivity contribution in [2.45, 2.75) is 37.8 Å². The van der Waals surface area contributed by atoms with Crippen molar-refractivity contribution in [3.05, 3.63) is 42.9 Å². The van der Waals surface area contributed by atoms with Gasteiger partial charge in [-0.3, -0.25) is 9.88 Å². The highest BCUT2D eigenvalue weighted by Crippen LogP contribution is 2.33. The summed E-state index contributed by atoms with van der Waals surface area (Å²) in [4.78, 5) is 18.4. The smallest absolute Gasteiger partial charge is 0.149 e. The van der Waals surface area contributed by atoms with Crippen LogP contribution >= 0.6 is 0 Å². The largest absolute Gasteiger partial charge is 0.491 e. The summed E-state index contributed by atoms with van der Waals surface area (Å²) >= 11 is 0. The summed E-state index contributed by atoms with van der Waals surface area (Å²) in [5.41, 5.74) is 2.81. The highest BCUT2D eigenvalue weighted by atomic mass is 16.5. The number of ether oxygens (including phenoxy) is 4. The van der Waals surface area contributed by atoms with E-state index in [9.17, 15) is 0 Å². The van der Waals surface area contributed by atoms with E-state index >= 15 is 0 Å². The number of morpholine rings is 2. The number of nitrogens with zero attached hydrogens (tertiary/aromatic N) is 5. The standard InChI is InChI=1S/C29H38N6O4/c1-3-24(39-27-20-23(35-12-16-37-17-13-35)19-26-29(27)31-8-7-30-26)4-2-22(1)33-28-6-5-25(21-32-28)38-18-11-34-9-14-36-15-10-34/h5-8,19-22,24H,1-4,9-18H2,(H,32,33). The van der Waals surface area contributed by atoms with Crippen LogP contribution in [0.5, 0.6) is 11.5 Å². The molecule has 2 aliphatic heterocycles. The SMILES string of the molecule is c1cnc2c(OC3CCC(Nc4ccc(OCCN5CCOCC5)cn4)CC3)cc(N3CCOCC3)cc2n1. The Morgan fingerprint density at radius 1 is 0.872 bits per heavy atom. The molecule has 1 N–H and O–H groups in total. The van der Waals surface area contributed by atoms with E-state index in [0.29, 0.717) is 12.6 Å². The van der Waals surface area contributed by atoms with Crippen molar-refractivity contribution in [1.29, 1.82) is 0 Å². The second kappa shape index (κ2) is 12.8. The van der Waals surface area contributed by atoms with Crippen LogP contribution in [0.15, 0.2) is 42.9 Å². The molecule has 3 fully saturated rings. The molecule has 39 heavy (non-hydrogen) atoms. The van der Waals surface area contributed by atoms with E-state index in [-0.39, 0.29) is 6.10 Å². The number of benzene rings is 1. The summed E-state index contributed by atoms with van der Waals surface area (Å²) in [5, 5.41) is 3.60. The number of hydrogen-bond acceptors (Lipinski definition) is 10. The first-order valence-electron chi connectivity index (χ1n) is 14.2. The average molecular weight is 535 g/mol. The zero-order chi connectivity index (χ0) is 26.3. The van der Waals surface area contributed by atoms with Gasteiger partial charge in [0, 0.05) is 62.9 Å². The minimum atomic E-state index is 0.156. The number of rotatable bonds is 9. The first-order valence-corrected chi connectivity index (χ1v) is 14.2. The van der Waals surface area contributed by atoms with Crippen molar-refractivity contribution in [2.24, 2.45) is 0 Å². The third kappa shape index (κ3) is 6.87. The Morgan fingerprint density at radius 3 is 2.41 bits per heavy atom. The normalized spacial score (nSPS) is 22.5. The van der Waals surface area contributed by atoms with Crippen LogP contribution < -0.4 is 19.7 Å². The molecule has 3 aromatic rings. The Hall–Kier alpha value is -3.21. The molecule has 0 amide bonds. The maximum absolute atomic E-state index is 6.56. The maximum Gasteiger partial charge on any atom is 0.149 e. The molecule has 1 aliphatic carbocycles. The molecule has 4 heterocycles. The van der Waals surface area contributed by atoms with Gasteiger partial charge in [0.25, 0.3) is 0 Å². The van der Waals surface area contributed by atoms with E-state index in [1.54, 1.807) is 12.4 Å². The van der Waals surface area contributed by atoms with Crippen molar-refractivity contribution in [1.82, 2.24) is 19.9 Å². The first kappa shape index (κ1) is 26.0. The summed E-state index contributed by atoms with van der Waals surface area (Å²) in [6, 6.07) is 8.61. The van der Waals surface area contributed by atoms with Crippen LogP contribution in [0, 0.1) is 0 Å². The molecule has 2 saturated heterocycles. The molecule has 0 bridgehead atoms. The van der Waals surface area contributed by atoms with Gasteiger partial charge >= 0.3 is 0 Å². The van der Waals surface area contributed by atoms with Gasteiger partial charge in [0.15, 0.2) is 0 Å². The molecule has 1 saturated carbocycles. The van der Waals surface area contributed by atoms with E-state index in [1.807, 2.05) is 18.3 Å². The molecule has 2 aromatic heterocycles. The van der Waals surface area contributed by atoms with Gasteiger partial charge in [0.1, 0.15) is 29.4 Å². The van der Waals surface area contributed by atoms with E-state index in [4.69, 9.17) is 18.9 Å². The quantitative estimate of drug-likeness (QED) is 0.440. The molecule has 0 spiro atoms. The molecule has 10 nitrogen and oxygen atoms in total. The molecule has 0 radical (unpaired) electrons. The molecule has 0 atom stereocenters. The van der Waals surface area contributed by atoms with Crippen molar-refractivity contribution >= 4 is 22.5 Å². The predicted octanol–water partition coefficient (Wildman–Crippen LogP) is 3.37. The fourth-order valence-electron chi connectivity index (χ4n) is 5.50. The van der Waals surface area contributed by atoms with Crippen LogP contribution in [0.25, 0.3) is 11.0 Å². The monoisotopic (exact) mass is 534 g/mol. The van der Waals surface area contributed by atoms with E-state index in [0.717, 1.165) is 119 Å². The third-order valence-electron chi connectivity index (χ3n) is 7.74. The zero-order valence-corrected chi connectivity index (χ0v) is 22.5. The number of pyridine rings is 1. The lowest BCUT2D eigenvalue weighted by Crippen LogP contribution is -2.38. The van der Waals surface area contributed by atoms with E-state index < -0.39 is 0 Å². The third-order valence-corrected chi connectivity index (χ3v) is 7.74. The first-order chi connectivity index (χ1) is 19.3. The molecule has 208 valence electrons. The van der Waals surface area contributed by atoms with Gasteiger partial charge in [-0.15, -0.1) is 0 Å². The molecule has 1 aromatic carbocycles. The molecule has 6 rings (SSSR count). The molecule has 10 heteroatoms. The highest BCUT2D eigenvalue weighted by Gasteiger charge is 2.24. The van der Waals surface area contributed by atoms with Crippen molar-refractivity contribution in [2.75, 3.05) is 76.0 Å². The predicted molar refractivity (Wildman–Crippen MR) is 150 cm³/mol. The van der Waals surface area contributed by atoms with Gasteiger partial charge in [-0.25, -0.2) is 9.97 Å². The summed E-state index contributed by atoms with van der Waals surface area (Å²) in [7, 11) is 0. The highest BCUT2D eigenvalue weighted by molar-refractivity contribution is 5.85. The second-order valence-corrected chi connectivity index (χ2v) is 10.4. The average Bonchev–Trinajstić information content (AvgIpc) is 3.00. The minimum absolute atomic E-state index is 0.156. The molecule has 0 unspecified atom stereocenters. The van der Waals surface area contributed by atoms with Gasteiger partial charge in [-0.05, 0) is 43.9 Å². The number of nitrogens with one attached hydrogen (secondary N) is 1. The van der Waals surface area contributed by atoms with Gasteiger partial charge in [-0.2, -0.15) is 0 Å². The lowest BCUT2D eigenvalue weighted by molar-refractivity contribution is 0.0322. The fourth-order valence-corrected chi connectivity index (χ4v) is 5.50. The Bertz CT molecular complexity index is 1190. The Balaban J connectivity index is 0.996. The van der Waals surface area contributed by atoms with Crippen LogP contribution in [0.1, 0.15) is 25.7 Å². The Kier molecular flexibility index (Phi) is 8.52. The number of anilines is 2. The molecular formula is C29H38N6O4. The van der Waals surface area contributed by atoms with E-state index in [2.05, 4.69) is 42.2 Å². The summed E-state index contributed by atoms with van der Waals surface area (Å²) in [6.45, 7) is 8.37. The fraction of sp³-hybridized carbons (Fsp3) is 0.552. The van der Waals surface area contributed by atoms with Gasteiger partial charge < -0.3 is 29.2 Å². The van der Waals surface area contributed by atoms with Gasteiger partial charge in [-0.1, -0.05) is 0 Å². The summed E-state index contributed by atoms with van der Waals surface area (Å²) in [6.07, 6.45) is 9.44. The van der Waals surface area contributed by atoms with Crippen LogP contribution in [-0.2, 0) is 9.47 Å².